The number of halogens is 2. The maximum absolute atomic E-state index is 11.9. The Morgan fingerprint density at radius 1 is 1.47 bits per heavy atom. The predicted molar refractivity (Wildman–Crippen MR) is 80.1 cm³/mol. The number of carbonyl (C=O) groups excluding carboxylic acids is 1. The summed E-state index contributed by atoms with van der Waals surface area (Å²) in [5.74, 6) is -0.391. The van der Waals surface area contributed by atoms with Gasteiger partial charge in [-0.05, 0) is 42.8 Å². The van der Waals surface area contributed by atoms with Crippen LogP contribution in [0.2, 0.25) is 5.02 Å². The summed E-state index contributed by atoms with van der Waals surface area (Å²) in [7, 11) is -3.72. The van der Waals surface area contributed by atoms with E-state index in [2.05, 4.69) is 26.0 Å². The first-order valence-corrected chi connectivity index (χ1v) is 8.74. The largest absolute Gasteiger partial charge is 0.350 e. The van der Waals surface area contributed by atoms with Gasteiger partial charge in [0.25, 0.3) is 10.0 Å². The summed E-state index contributed by atoms with van der Waals surface area (Å²) in [4.78, 5) is 11.5. The highest BCUT2D eigenvalue weighted by molar-refractivity contribution is 9.11. The van der Waals surface area contributed by atoms with Crippen molar-refractivity contribution >= 4 is 54.8 Å². The van der Waals surface area contributed by atoms with Gasteiger partial charge < -0.3 is 5.32 Å². The molecule has 5 nitrogen and oxygen atoms in total. The van der Waals surface area contributed by atoms with Crippen LogP contribution in [0.5, 0.6) is 0 Å². The van der Waals surface area contributed by atoms with E-state index in [9.17, 15) is 13.2 Å². The summed E-state index contributed by atoms with van der Waals surface area (Å²) in [6.45, 7) is 5.13. The van der Waals surface area contributed by atoms with Crippen LogP contribution >= 0.6 is 38.9 Å². The van der Waals surface area contributed by atoms with Crippen molar-refractivity contribution in [2.75, 3.05) is 6.54 Å². The van der Waals surface area contributed by atoms with Gasteiger partial charge in [-0.3, -0.25) is 4.79 Å². The molecule has 0 fully saturated rings. The van der Waals surface area contributed by atoms with Crippen molar-refractivity contribution in [1.82, 2.24) is 10.0 Å². The number of nitrogens with one attached hydrogen (secondary N) is 2. The van der Waals surface area contributed by atoms with E-state index in [1.54, 1.807) is 0 Å². The van der Waals surface area contributed by atoms with E-state index in [1.807, 2.05) is 20.8 Å². The monoisotopic (exact) mass is 388 g/mol. The lowest BCUT2D eigenvalue weighted by Gasteiger charge is -2.20. The number of hydrogen-bond acceptors (Lipinski definition) is 4. The highest BCUT2D eigenvalue weighted by atomic mass is 79.9. The summed E-state index contributed by atoms with van der Waals surface area (Å²) in [5.41, 5.74) is -0.405. The number of rotatable bonds is 4. The van der Waals surface area contributed by atoms with Crippen molar-refractivity contribution in [1.29, 1.82) is 0 Å². The molecule has 0 unspecified atom stereocenters. The predicted octanol–water partition coefficient (Wildman–Crippen LogP) is 2.36. The minimum atomic E-state index is -3.72. The number of sulfonamides is 1. The van der Waals surface area contributed by atoms with Gasteiger partial charge in [-0.25, -0.2) is 13.1 Å². The van der Waals surface area contributed by atoms with Gasteiger partial charge in [0, 0.05) is 5.54 Å². The Kier molecular flexibility index (Phi) is 5.42. The van der Waals surface area contributed by atoms with Crippen molar-refractivity contribution in [2.45, 2.75) is 30.5 Å². The van der Waals surface area contributed by atoms with E-state index in [1.165, 1.54) is 6.07 Å². The first kappa shape index (κ1) is 16.9. The maximum atomic E-state index is 11.9. The molecule has 108 valence electrons. The molecule has 0 spiro atoms. The van der Waals surface area contributed by atoms with Crippen molar-refractivity contribution in [2.24, 2.45) is 0 Å². The molecule has 9 heteroatoms. The molecule has 19 heavy (non-hydrogen) atoms. The molecule has 0 bridgehead atoms. The lowest BCUT2D eigenvalue weighted by Crippen LogP contribution is -2.45. The van der Waals surface area contributed by atoms with Crippen molar-refractivity contribution in [3.63, 3.8) is 0 Å². The van der Waals surface area contributed by atoms with Crippen LogP contribution in [0.3, 0.4) is 0 Å². The Balaban J connectivity index is 2.69. The third-order valence-corrected chi connectivity index (χ3v) is 6.17. The summed E-state index contributed by atoms with van der Waals surface area (Å²) in [6, 6.07) is 1.33. The number of hydrogen-bond donors (Lipinski definition) is 2. The zero-order chi connectivity index (χ0) is 14.8. The first-order valence-electron chi connectivity index (χ1n) is 5.27. The standard InChI is InChI=1S/C10H14BrClN2O3S2/c1-10(2,3)14-7(15)5-13-19(16,17)8-4-6(12)9(11)18-8/h4,13H,5H2,1-3H3,(H,14,15). The minimum absolute atomic E-state index is 0.0629. The third kappa shape index (κ3) is 5.39. The van der Waals surface area contributed by atoms with E-state index in [0.29, 0.717) is 8.81 Å². The highest BCUT2D eigenvalue weighted by Gasteiger charge is 2.21. The van der Waals surface area contributed by atoms with E-state index in [0.717, 1.165) is 11.3 Å². The first-order chi connectivity index (χ1) is 8.51. The summed E-state index contributed by atoms with van der Waals surface area (Å²) in [5, 5.41) is 2.99. The van der Waals surface area contributed by atoms with Crippen LogP contribution in [0.15, 0.2) is 14.1 Å². The molecule has 0 aliphatic rings. The molecule has 1 aromatic heterocycles. The third-order valence-electron chi connectivity index (χ3n) is 1.82. The Bertz CT molecular complexity index is 559. The van der Waals surface area contributed by atoms with Crippen molar-refractivity contribution in [3.05, 3.63) is 14.9 Å². The molecule has 0 aromatic carbocycles. The summed E-state index contributed by atoms with van der Waals surface area (Å²) >= 11 is 9.91. The second-order valence-electron chi connectivity index (χ2n) is 4.81. The fraction of sp³-hybridized carbons (Fsp3) is 0.500. The highest BCUT2D eigenvalue weighted by Crippen LogP contribution is 2.34. The van der Waals surface area contributed by atoms with Crippen LogP contribution in [-0.4, -0.2) is 26.4 Å². The van der Waals surface area contributed by atoms with Crippen LogP contribution in [-0.2, 0) is 14.8 Å². The van der Waals surface area contributed by atoms with Gasteiger partial charge in [-0.1, -0.05) is 11.6 Å². The normalized spacial score (nSPS) is 12.5. The van der Waals surface area contributed by atoms with E-state index >= 15 is 0 Å². The van der Waals surface area contributed by atoms with Gasteiger partial charge >= 0.3 is 0 Å². The van der Waals surface area contributed by atoms with Gasteiger partial charge in [0.05, 0.1) is 15.4 Å². The van der Waals surface area contributed by atoms with Gasteiger partial charge in [0.2, 0.25) is 5.91 Å². The van der Waals surface area contributed by atoms with E-state index in [-0.39, 0.29) is 10.8 Å². The van der Waals surface area contributed by atoms with Gasteiger partial charge in [0.1, 0.15) is 4.21 Å². The molecule has 0 saturated carbocycles. The number of thiophene rings is 1. The smallest absolute Gasteiger partial charge is 0.250 e. The topological polar surface area (TPSA) is 75.3 Å². The van der Waals surface area contributed by atoms with E-state index in [4.69, 9.17) is 11.6 Å². The SMILES string of the molecule is CC(C)(C)NC(=O)CNS(=O)(=O)c1cc(Cl)c(Br)s1. The second-order valence-corrected chi connectivity index (χ2v) is 9.58. The fourth-order valence-corrected chi connectivity index (χ4v) is 4.58. The quantitative estimate of drug-likeness (QED) is 0.830. The van der Waals surface area contributed by atoms with Gasteiger partial charge in [-0.15, -0.1) is 11.3 Å². The Labute approximate surface area is 129 Å². The van der Waals surface area contributed by atoms with Gasteiger partial charge in [0.15, 0.2) is 0 Å². The van der Waals surface area contributed by atoms with E-state index < -0.39 is 21.5 Å². The fourth-order valence-electron chi connectivity index (χ4n) is 1.15. The van der Waals surface area contributed by atoms with Crippen LogP contribution in [0.25, 0.3) is 0 Å². The molecular weight excluding hydrogens is 376 g/mol. The Hall–Kier alpha value is -0.150. The molecule has 0 saturated heterocycles. The number of amides is 1. The Morgan fingerprint density at radius 3 is 2.47 bits per heavy atom. The van der Waals surface area contributed by atoms with Crippen LogP contribution in [0.4, 0.5) is 0 Å². The average Bonchev–Trinajstić information content (AvgIpc) is 2.55. The molecule has 2 N–H and O–H groups in total. The molecule has 0 radical (unpaired) electrons. The molecule has 0 atom stereocenters. The molecule has 1 rings (SSSR count). The molecule has 1 amide bonds. The summed E-state index contributed by atoms with van der Waals surface area (Å²) in [6.07, 6.45) is 0. The molecule has 0 aliphatic heterocycles. The van der Waals surface area contributed by atoms with Crippen molar-refractivity contribution < 1.29 is 13.2 Å². The average molecular weight is 390 g/mol. The van der Waals surface area contributed by atoms with Gasteiger partial charge in [-0.2, -0.15) is 0 Å². The second kappa shape index (κ2) is 6.09. The van der Waals surface area contributed by atoms with Crippen molar-refractivity contribution in [3.8, 4) is 0 Å². The van der Waals surface area contributed by atoms with Crippen LogP contribution in [0.1, 0.15) is 20.8 Å². The maximum Gasteiger partial charge on any atom is 0.250 e. The molecule has 0 aliphatic carbocycles. The summed E-state index contributed by atoms with van der Waals surface area (Å²) < 4.78 is 26.6. The van der Waals surface area contributed by atoms with Crippen LogP contribution in [0, 0.1) is 0 Å². The minimum Gasteiger partial charge on any atom is -0.350 e. The molecule has 1 aromatic rings. The zero-order valence-electron chi connectivity index (χ0n) is 10.6. The zero-order valence-corrected chi connectivity index (χ0v) is 14.6. The number of carbonyl (C=O) groups is 1. The molecule has 1 heterocycles. The lowest BCUT2D eigenvalue weighted by atomic mass is 10.1. The lowest BCUT2D eigenvalue weighted by molar-refractivity contribution is -0.121. The van der Waals surface area contributed by atoms with Crippen LogP contribution < -0.4 is 10.0 Å². The Morgan fingerprint density at radius 2 is 2.05 bits per heavy atom. The molecular formula is C10H14BrClN2O3S2.